The fourth-order valence-electron chi connectivity index (χ4n) is 2.99. The predicted molar refractivity (Wildman–Crippen MR) is 85.4 cm³/mol. The van der Waals surface area contributed by atoms with Crippen molar-refractivity contribution in [3.8, 4) is 5.75 Å². The Balaban J connectivity index is 1.81. The molecule has 0 radical (unpaired) electrons. The predicted octanol–water partition coefficient (Wildman–Crippen LogP) is 4.31. The van der Waals surface area contributed by atoms with Crippen LogP contribution in [0.25, 0.3) is 10.8 Å². The van der Waals surface area contributed by atoms with Gasteiger partial charge in [0.15, 0.2) is 0 Å². The molecule has 110 valence electrons. The van der Waals surface area contributed by atoms with Gasteiger partial charge in [0.1, 0.15) is 5.75 Å². The summed E-state index contributed by atoms with van der Waals surface area (Å²) in [6, 6.07) is 11.0. The third-order valence-corrected chi connectivity index (χ3v) is 4.44. The van der Waals surface area contributed by atoms with Crippen molar-refractivity contribution < 1.29 is 9.90 Å². The summed E-state index contributed by atoms with van der Waals surface area (Å²) in [5.41, 5.74) is 0.830. The maximum atomic E-state index is 12.3. The molecule has 1 fully saturated rings. The molecule has 1 aliphatic carbocycles. The van der Waals surface area contributed by atoms with Crippen molar-refractivity contribution in [3.63, 3.8) is 0 Å². The van der Waals surface area contributed by atoms with E-state index in [1.165, 1.54) is 12.8 Å². The van der Waals surface area contributed by atoms with Crippen LogP contribution in [0, 0.1) is 11.3 Å². The normalized spacial score (nSPS) is 15.1. The highest BCUT2D eigenvalue weighted by Crippen LogP contribution is 2.47. The molecule has 1 saturated carbocycles. The zero-order chi connectivity index (χ0) is 15.0. The van der Waals surface area contributed by atoms with Crippen molar-refractivity contribution in [2.45, 2.75) is 33.1 Å². The van der Waals surface area contributed by atoms with Crippen LogP contribution in [-0.2, 0) is 4.79 Å². The lowest BCUT2D eigenvalue weighted by atomic mass is 9.83. The highest BCUT2D eigenvalue weighted by molar-refractivity contribution is 6.02. The van der Waals surface area contributed by atoms with E-state index in [2.05, 4.69) is 19.2 Å². The molecule has 2 N–H and O–H groups in total. The lowest BCUT2D eigenvalue weighted by Crippen LogP contribution is -2.24. The number of phenols is 1. The molecule has 1 aliphatic rings. The number of carbonyl (C=O) groups is 1. The molecule has 2 aromatic carbocycles. The number of hydrogen-bond donors (Lipinski definition) is 2. The molecular formula is C18H21NO2. The number of anilines is 1. The van der Waals surface area contributed by atoms with Gasteiger partial charge in [0.25, 0.3) is 0 Å². The van der Waals surface area contributed by atoms with E-state index in [1.807, 2.05) is 24.3 Å². The number of carbonyl (C=O) groups excluding carboxylic acids is 1. The second-order valence-electron chi connectivity index (χ2n) is 6.70. The zero-order valence-electron chi connectivity index (χ0n) is 12.5. The van der Waals surface area contributed by atoms with Gasteiger partial charge in [0, 0.05) is 17.5 Å². The third kappa shape index (κ3) is 3.02. The number of amides is 1. The minimum atomic E-state index is 0.0442. The first-order valence-electron chi connectivity index (χ1n) is 7.47. The van der Waals surface area contributed by atoms with Crippen molar-refractivity contribution >= 4 is 22.4 Å². The van der Waals surface area contributed by atoms with Crippen molar-refractivity contribution in [1.82, 2.24) is 0 Å². The molecule has 1 amide bonds. The first-order valence-corrected chi connectivity index (χ1v) is 7.47. The molecule has 0 bridgehead atoms. The molecule has 3 nitrogen and oxygen atoms in total. The van der Waals surface area contributed by atoms with E-state index in [-0.39, 0.29) is 17.1 Å². The number of hydrogen-bond acceptors (Lipinski definition) is 2. The molecular weight excluding hydrogens is 262 g/mol. The molecule has 2 aromatic rings. The lowest BCUT2D eigenvalue weighted by Gasteiger charge is -2.23. The molecule has 3 rings (SSSR count). The molecule has 3 heteroatoms. The summed E-state index contributed by atoms with van der Waals surface area (Å²) in [6.07, 6.45) is 3.01. The van der Waals surface area contributed by atoms with Crippen LogP contribution in [0.5, 0.6) is 5.75 Å². The van der Waals surface area contributed by atoms with Gasteiger partial charge >= 0.3 is 0 Å². The molecule has 0 aliphatic heterocycles. The Morgan fingerprint density at radius 2 is 2.05 bits per heavy atom. The Bertz CT molecular complexity index is 687. The number of nitrogens with one attached hydrogen (secondary N) is 1. The fourth-order valence-corrected chi connectivity index (χ4v) is 2.99. The van der Waals surface area contributed by atoms with E-state index in [9.17, 15) is 9.90 Å². The Hall–Kier alpha value is -2.03. The number of benzene rings is 2. The van der Waals surface area contributed by atoms with Crippen LogP contribution in [0.3, 0.4) is 0 Å². The van der Waals surface area contributed by atoms with Gasteiger partial charge in [-0.25, -0.2) is 0 Å². The highest BCUT2D eigenvalue weighted by atomic mass is 16.3. The molecule has 21 heavy (non-hydrogen) atoms. The van der Waals surface area contributed by atoms with Crippen LogP contribution in [0.1, 0.15) is 33.1 Å². The minimum Gasteiger partial charge on any atom is -0.508 e. The quantitative estimate of drug-likeness (QED) is 0.878. The highest BCUT2D eigenvalue weighted by Gasteiger charge is 2.38. The number of phenolic OH excluding ortho intramolecular Hbond substituents is 1. The summed E-state index contributed by atoms with van der Waals surface area (Å²) in [6.45, 7) is 4.33. The molecule has 0 aromatic heterocycles. The van der Waals surface area contributed by atoms with Gasteiger partial charge in [-0.2, -0.15) is 0 Å². The van der Waals surface area contributed by atoms with E-state index >= 15 is 0 Å². The van der Waals surface area contributed by atoms with Crippen molar-refractivity contribution in [2.24, 2.45) is 11.3 Å². The second kappa shape index (κ2) is 5.06. The van der Waals surface area contributed by atoms with E-state index < -0.39 is 0 Å². The largest absolute Gasteiger partial charge is 0.508 e. The summed E-state index contributed by atoms with van der Waals surface area (Å²) in [4.78, 5) is 12.3. The maximum absolute atomic E-state index is 12.3. The van der Waals surface area contributed by atoms with Gasteiger partial charge in [-0.05, 0) is 47.8 Å². The van der Waals surface area contributed by atoms with Crippen LogP contribution >= 0.6 is 0 Å². The van der Waals surface area contributed by atoms with Crippen LogP contribution < -0.4 is 5.32 Å². The summed E-state index contributed by atoms with van der Waals surface area (Å²) in [5.74, 6) is 0.935. The number of rotatable bonds is 4. The van der Waals surface area contributed by atoms with Gasteiger partial charge in [-0.1, -0.05) is 32.0 Å². The van der Waals surface area contributed by atoms with E-state index in [1.54, 1.807) is 12.1 Å². The first-order chi connectivity index (χ1) is 9.95. The molecule has 0 heterocycles. The number of fused-ring (bicyclic) bond motifs is 1. The molecule has 0 atom stereocenters. The van der Waals surface area contributed by atoms with Crippen molar-refractivity contribution in [1.29, 1.82) is 0 Å². The maximum Gasteiger partial charge on any atom is 0.224 e. The summed E-state index contributed by atoms with van der Waals surface area (Å²) in [7, 11) is 0. The summed E-state index contributed by atoms with van der Waals surface area (Å²) in [5, 5.41) is 14.5. The minimum absolute atomic E-state index is 0.0442. The van der Waals surface area contributed by atoms with Crippen molar-refractivity contribution in [2.75, 3.05) is 5.32 Å². The van der Waals surface area contributed by atoms with Gasteiger partial charge in [-0.15, -0.1) is 0 Å². The number of aromatic hydroxyl groups is 1. The van der Waals surface area contributed by atoms with Crippen LogP contribution in [0.15, 0.2) is 36.4 Å². The lowest BCUT2D eigenvalue weighted by molar-refractivity contribution is -0.118. The second-order valence-corrected chi connectivity index (χ2v) is 6.70. The Kier molecular flexibility index (Phi) is 3.36. The van der Waals surface area contributed by atoms with Crippen LogP contribution in [0.2, 0.25) is 0 Å². The van der Waals surface area contributed by atoms with Gasteiger partial charge < -0.3 is 10.4 Å². The average molecular weight is 283 g/mol. The summed E-state index contributed by atoms with van der Waals surface area (Å²) < 4.78 is 0. The Morgan fingerprint density at radius 3 is 2.76 bits per heavy atom. The fraction of sp³-hybridized carbons (Fsp3) is 0.389. The van der Waals surface area contributed by atoms with Gasteiger partial charge in [0.2, 0.25) is 5.91 Å². The SMILES string of the molecule is CC(C)(CC(=O)Nc1cccc2ccc(O)cc12)C1CC1. The third-order valence-electron chi connectivity index (χ3n) is 4.44. The monoisotopic (exact) mass is 283 g/mol. The first kappa shape index (κ1) is 13.9. The standard InChI is InChI=1S/C18H21NO2/c1-18(2,13-7-8-13)11-17(21)19-16-5-3-4-12-6-9-14(20)10-15(12)16/h3-6,9-10,13,20H,7-8,11H2,1-2H3,(H,19,21). The molecule has 0 unspecified atom stereocenters. The van der Waals surface area contributed by atoms with Crippen molar-refractivity contribution in [3.05, 3.63) is 36.4 Å². The van der Waals surface area contributed by atoms with Gasteiger partial charge in [-0.3, -0.25) is 4.79 Å². The Labute approximate surface area is 125 Å². The van der Waals surface area contributed by atoms with Crippen LogP contribution in [0.4, 0.5) is 5.69 Å². The zero-order valence-corrected chi connectivity index (χ0v) is 12.5. The van der Waals surface area contributed by atoms with E-state index in [4.69, 9.17) is 0 Å². The van der Waals surface area contributed by atoms with Gasteiger partial charge in [0.05, 0.1) is 0 Å². The molecule has 0 saturated heterocycles. The van der Waals surface area contributed by atoms with E-state index in [0.717, 1.165) is 16.5 Å². The smallest absolute Gasteiger partial charge is 0.224 e. The Morgan fingerprint density at radius 1 is 1.29 bits per heavy atom. The average Bonchev–Trinajstić information content (AvgIpc) is 3.23. The van der Waals surface area contributed by atoms with E-state index in [0.29, 0.717) is 12.3 Å². The summed E-state index contributed by atoms with van der Waals surface area (Å²) >= 11 is 0. The van der Waals surface area contributed by atoms with Crippen LogP contribution in [-0.4, -0.2) is 11.0 Å². The topological polar surface area (TPSA) is 49.3 Å². The molecule has 0 spiro atoms.